The molecule has 106 valence electrons. The molecule has 0 aliphatic carbocycles. The summed E-state index contributed by atoms with van der Waals surface area (Å²) >= 11 is 0. The second kappa shape index (κ2) is 5.50. The van der Waals surface area contributed by atoms with E-state index in [0.717, 1.165) is 12.1 Å². The highest BCUT2D eigenvalue weighted by Gasteiger charge is 2.29. The number of halogens is 3. The molecule has 0 bridgehead atoms. The van der Waals surface area contributed by atoms with Crippen LogP contribution in [0.2, 0.25) is 0 Å². The molecule has 0 atom stereocenters. The molecule has 0 radical (unpaired) electrons. The molecule has 0 aromatic heterocycles. The van der Waals surface area contributed by atoms with Crippen LogP contribution in [0.3, 0.4) is 0 Å². The van der Waals surface area contributed by atoms with E-state index >= 15 is 0 Å². The Balaban J connectivity index is 2.67. The van der Waals surface area contributed by atoms with Gasteiger partial charge in [-0.2, -0.15) is 13.2 Å². The van der Waals surface area contributed by atoms with Gasteiger partial charge in [0.15, 0.2) is 5.96 Å². The molecule has 1 aromatic rings. The molecule has 0 heterocycles. The van der Waals surface area contributed by atoms with Crippen molar-refractivity contribution in [3.8, 4) is 0 Å². The van der Waals surface area contributed by atoms with Crippen LogP contribution in [-0.4, -0.2) is 11.5 Å². The van der Waals surface area contributed by atoms with Gasteiger partial charge < -0.3 is 11.1 Å². The van der Waals surface area contributed by atoms with Crippen LogP contribution in [0.1, 0.15) is 31.9 Å². The third-order valence-electron chi connectivity index (χ3n) is 2.22. The topological polar surface area (TPSA) is 50.4 Å². The summed E-state index contributed by atoms with van der Waals surface area (Å²) in [6.45, 7) is 6.06. The van der Waals surface area contributed by atoms with E-state index in [0.29, 0.717) is 5.56 Å². The molecular formula is C13H18F3N3. The largest absolute Gasteiger partial charge is 0.416 e. The first-order chi connectivity index (χ1) is 8.58. The Morgan fingerprint density at radius 2 is 1.68 bits per heavy atom. The lowest BCUT2D eigenvalue weighted by Crippen LogP contribution is -2.44. The molecule has 0 fully saturated rings. The quantitative estimate of drug-likeness (QED) is 0.643. The van der Waals surface area contributed by atoms with Crippen LogP contribution in [0.15, 0.2) is 29.3 Å². The van der Waals surface area contributed by atoms with Gasteiger partial charge in [0.05, 0.1) is 12.1 Å². The van der Waals surface area contributed by atoms with E-state index in [-0.39, 0.29) is 18.0 Å². The van der Waals surface area contributed by atoms with Gasteiger partial charge in [-0.05, 0) is 38.5 Å². The number of hydrogen-bond acceptors (Lipinski definition) is 1. The zero-order valence-electron chi connectivity index (χ0n) is 11.2. The van der Waals surface area contributed by atoms with Gasteiger partial charge in [-0.15, -0.1) is 0 Å². The van der Waals surface area contributed by atoms with E-state index in [1.54, 1.807) is 0 Å². The van der Waals surface area contributed by atoms with Crippen molar-refractivity contribution >= 4 is 5.96 Å². The molecule has 3 nitrogen and oxygen atoms in total. The van der Waals surface area contributed by atoms with E-state index < -0.39 is 11.7 Å². The first-order valence-corrected chi connectivity index (χ1v) is 5.82. The van der Waals surface area contributed by atoms with Crippen molar-refractivity contribution in [2.45, 2.75) is 39.0 Å². The maximum Gasteiger partial charge on any atom is 0.416 e. The molecule has 0 aliphatic rings. The maximum absolute atomic E-state index is 12.4. The molecule has 19 heavy (non-hydrogen) atoms. The summed E-state index contributed by atoms with van der Waals surface area (Å²) in [6.07, 6.45) is -4.31. The number of aliphatic imine (C=N–C) groups is 1. The second-order valence-electron chi connectivity index (χ2n) is 5.27. The van der Waals surface area contributed by atoms with Crippen molar-refractivity contribution < 1.29 is 13.2 Å². The molecule has 0 amide bonds. The molecular weight excluding hydrogens is 255 g/mol. The summed E-state index contributed by atoms with van der Waals surface area (Å²) in [4.78, 5) is 4.07. The summed E-state index contributed by atoms with van der Waals surface area (Å²) in [5.41, 5.74) is 5.47. The Hall–Kier alpha value is -1.72. The van der Waals surface area contributed by atoms with E-state index in [2.05, 4.69) is 10.3 Å². The number of alkyl halides is 3. The average molecular weight is 273 g/mol. The summed E-state index contributed by atoms with van der Waals surface area (Å²) in [6, 6.07) is 4.88. The number of guanidine groups is 1. The minimum Gasteiger partial charge on any atom is -0.370 e. The third-order valence-corrected chi connectivity index (χ3v) is 2.22. The molecule has 0 unspecified atom stereocenters. The molecule has 0 saturated carbocycles. The van der Waals surface area contributed by atoms with Gasteiger partial charge in [0.2, 0.25) is 0 Å². The highest BCUT2D eigenvalue weighted by molar-refractivity contribution is 5.78. The van der Waals surface area contributed by atoms with Crippen molar-refractivity contribution in [2.75, 3.05) is 0 Å². The van der Waals surface area contributed by atoms with Gasteiger partial charge in [0.1, 0.15) is 0 Å². The van der Waals surface area contributed by atoms with Crippen LogP contribution in [0, 0.1) is 0 Å². The Bertz CT molecular complexity index is 442. The third kappa shape index (κ3) is 5.63. The number of hydrogen-bond donors (Lipinski definition) is 2. The minimum absolute atomic E-state index is 0.201. The fourth-order valence-corrected chi connectivity index (χ4v) is 1.40. The van der Waals surface area contributed by atoms with E-state index in [1.807, 2.05) is 20.8 Å². The van der Waals surface area contributed by atoms with Gasteiger partial charge in [-0.3, -0.25) is 0 Å². The molecule has 6 heteroatoms. The predicted molar refractivity (Wildman–Crippen MR) is 69.7 cm³/mol. The summed E-state index contributed by atoms with van der Waals surface area (Å²) in [5, 5.41) is 2.97. The van der Waals surface area contributed by atoms with Crippen LogP contribution in [-0.2, 0) is 12.7 Å². The number of nitrogens with two attached hydrogens (primary N) is 1. The normalized spacial score (nSPS) is 13.5. The van der Waals surface area contributed by atoms with Crippen LogP contribution in [0.5, 0.6) is 0 Å². The smallest absolute Gasteiger partial charge is 0.370 e. The average Bonchev–Trinajstić information content (AvgIpc) is 2.23. The lowest BCUT2D eigenvalue weighted by Gasteiger charge is -2.21. The fraction of sp³-hybridized carbons (Fsp3) is 0.462. The highest BCUT2D eigenvalue weighted by Crippen LogP contribution is 2.29. The van der Waals surface area contributed by atoms with Gasteiger partial charge in [0, 0.05) is 5.54 Å². The van der Waals surface area contributed by atoms with Gasteiger partial charge >= 0.3 is 6.18 Å². The fourth-order valence-electron chi connectivity index (χ4n) is 1.40. The zero-order chi connectivity index (χ0) is 14.7. The SMILES string of the molecule is CC(C)(C)NC(N)=NCc1ccc(C(F)(F)F)cc1. The van der Waals surface area contributed by atoms with E-state index in [4.69, 9.17) is 5.73 Å². The lowest BCUT2D eigenvalue weighted by atomic mass is 10.1. The number of benzene rings is 1. The number of nitrogens with zero attached hydrogens (tertiary/aromatic N) is 1. The first kappa shape index (κ1) is 15.3. The standard InChI is InChI=1S/C13H18F3N3/c1-12(2,3)19-11(17)18-8-9-4-6-10(7-5-9)13(14,15)16/h4-7H,8H2,1-3H3,(H3,17,18,19). The Morgan fingerprint density at radius 3 is 2.11 bits per heavy atom. The Morgan fingerprint density at radius 1 is 1.16 bits per heavy atom. The summed E-state index contributed by atoms with van der Waals surface area (Å²) in [7, 11) is 0. The zero-order valence-corrected chi connectivity index (χ0v) is 11.2. The Labute approximate surface area is 110 Å². The maximum atomic E-state index is 12.4. The van der Waals surface area contributed by atoms with Crippen LogP contribution < -0.4 is 11.1 Å². The van der Waals surface area contributed by atoms with Crippen LogP contribution >= 0.6 is 0 Å². The number of rotatable bonds is 2. The molecule has 1 rings (SSSR count). The van der Waals surface area contributed by atoms with Crippen LogP contribution in [0.4, 0.5) is 13.2 Å². The van der Waals surface area contributed by atoms with Gasteiger partial charge in [-0.1, -0.05) is 12.1 Å². The summed E-state index contributed by atoms with van der Waals surface area (Å²) < 4.78 is 37.1. The van der Waals surface area contributed by atoms with E-state index in [1.165, 1.54) is 12.1 Å². The molecule has 0 spiro atoms. The van der Waals surface area contributed by atoms with Crippen molar-refractivity contribution in [3.63, 3.8) is 0 Å². The molecule has 3 N–H and O–H groups in total. The van der Waals surface area contributed by atoms with Crippen molar-refractivity contribution in [2.24, 2.45) is 10.7 Å². The van der Waals surface area contributed by atoms with Gasteiger partial charge in [0.25, 0.3) is 0 Å². The monoisotopic (exact) mass is 273 g/mol. The van der Waals surface area contributed by atoms with Crippen LogP contribution in [0.25, 0.3) is 0 Å². The molecule has 0 saturated heterocycles. The predicted octanol–water partition coefficient (Wildman–Crippen LogP) is 2.91. The summed E-state index contributed by atoms with van der Waals surface area (Å²) in [5.74, 6) is 0.271. The lowest BCUT2D eigenvalue weighted by molar-refractivity contribution is -0.137. The molecule has 1 aromatic carbocycles. The van der Waals surface area contributed by atoms with E-state index in [9.17, 15) is 13.2 Å². The minimum atomic E-state index is -4.31. The first-order valence-electron chi connectivity index (χ1n) is 5.82. The Kier molecular flexibility index (Phi) is 4.44. The van der Waals surface area contributed by atoms with Crippen molar-refractivity contribution in [1.82, 2.24) is 5.32 Å². The number of nitrogens with one attached hydrogen (secondary N) is 1. The highest BCUT2D eigenvalue weighted by atomic mass is 19.4. The van der Waals surface area contributed by atoms with Crippen molar-refractivity contribution in [3.05, 3.63) is 35.4 Å². The van der Waals surface area contributed by atoms with Gasteiger partial charge in [-0.25, -0.2) is 4.99 Å². The second-order valence-corrected chi connectivity index (χ2v) is 5.27. The molecule has 0 aliphatic heterocycles. The van der Waals surface area contributed by atoms with Crippen molar-refractivity contribution in [1.29, 1.82) is 0 Å².